The summed E-state index contributed by atoms with van der Waals surface area (Å²) in [6, 6.07) is 8.07. The number of likely N-dealkylation sites (tertiary alicyclic amines) is 1. The molecule has 0 saturated carbocycles. The lowest BCUT2D eigenvalue weighted by atomic mass is 9.93. The van der Waals surface area contributed by atoms with Gasteiger partial charge in [0.25, 0.3) is 0 Å². The van der Waals surface area contributed by atoms with E-state index in [2.05, 4.69) is 4.90 Å². The van der Waals surface area contributed by atoms with Gasteiger partial charge in [-0.3, -0.25) is 0 Å². The van der Waals surface area contributed by atoms with Crippen LogP contribution in [-0.2, 0) is 0 Å². The molecule has 1 aliphatic heterocycles. The van der Waals surface area contributed by atoms with Crippen LogP contribution in [0.25, 0.3) is 0 Å². The molecule has 1 aromatic carbocycles. The highest BCUT2D eigenvalue weighted by molar-refractivity contribution is 5.23. The van der Waals surface area contributed by atoms with Crippen molar-refractivity contribution >= 4 is 0 Å². The summed E-state index contributed by atoms with van der Waals surface area (Å²) < 4.78 is 0. The first kappa shape index (κ1) is 14.5. The maximum Gasteiger partial charge on any atom is 0.0802 e. The Kier molecular flexibility index (Phi) is 4.61. The summed E-state index contributed by atoms with van der Waals surface area (Å²) in [5.41, 5.74) is 1.70. The van der Waals surface area contributed by atoms with Crippen molar-refractivity contribution in [2.45, 2.75) is 44.8 Å². The maximum atomic E-state index is 10.2. The Balaban J connectivity index is 1.80. The zero-order valence-corrected chi connectivity index (χ0v) is 12.0. The number of rotatable bonds is 4. The molecule has 1 aliphatic rings. The number of benzene rings is 1. The molecule has 106 valence electrons. The highest BCUT2D eigenvalue weighted by atomic mass is 16.3. The van der Waals surface area contributed by atoms with Gasteiger partial charge in [0.05, 0.1) is 11.7 Å². The zero-order valence-electron chi connectivity index (χ0n) is 12.0. The normalized spacial score (nSPS) is 21.3. The third-order valence-electron chi connectivity index (χ3n) is 4.08. The van der Waals surface area contributed by atoms with Crippen LogP contribution in [0.4, 0.5) is 0 Å². The van der Waals surface area contributed by atoms with Crippen LogP contribution in [0.2, 0.25) is 0 Å². The fourth-order valence-electron chi connectivity index (χ4n) is 2.61. The number of hydrogen-bond donors (Lipinski definition) is 2. The third kappa shape index (κ3) is 4.30. The van der Waals surface area contributed by atoms with Crippen LogP contribution >= 0.6 is 0 Å². The summed E-state index contributed by atoms with van der Waals surface area (Å²) in [6.45, 7) is 6.70. The largest absolute Gasteiger partial charge is 0.390 e. The number of aliphatic hydroxyl groups excluding tert-OH is 1. The Bertz CT molecular complexity index is 407. The minimum absolute atomic E-state index is 0.387. The van der Waals surface area contributed by atoms with E-state index in [0.29, 0.717) is 0 Å². The van der Waals surface area contributed by atoms with Gasteiger partial charge in [-0.05, 0) is 38.7 Å². The predicted molar refractivity (Wildman–Crippen MR) is 77.1 cm³/mol. The van der Waals surface area contributed by atoms with Crippen molar-refractivity contribution in [3.05, 3.63) is 35.4 Å². The fourth-order valence-corrected chi connectivity index (χ4v) is 2.61. The summed E-state index contributed by atoms with van der Waals surface area (Å²) in [7, 11) is 0. The second-order valence-electron chi connectivity index (χ2n) is 6.06. The van der Waals surface area contributed by atoms with Crippen LogP contribution in [-0.4, -0.2) is 40.3 Å². The number of nitrogens with zero attached hydrogens (tertiary/aromatic N) is 1. The van der Waals surface area contributed by atoms with Gasteiger partial charge in [0, 0.05) is 19.6 Å². The minimum atomic E-state index is -0.494. The van der Waals surface area contributed by atoms with Gasteiger partial charge in [-0.15, -0.1) is 0 Å². The molecule has 3 heteroatoms. The maximum absolute atomic E-state index is 10.2. The molecule has 0 radical (unpaired) electrons. The van der Waals surface area contributed by atoms with E-state index in [1.165, 1.54) is 5.56 Å². The lowest BCUT2D eigenvalue weighted by molar-refractivity contribution is -0.00813. The molecule has 0 amide bonds. The molecule has 1 saturated heterocycles. The smallest absolute Gasteiger partial charge is 0.0802 e. The van der Waals surface area contributed by atoms with Crippen molar-refractivity contribution < 1.29 is 10.2 Å². The Morgan fingerprint density at radius 2 is 2.00 bits per heavy atom. The Morgan fingerprint density at radius 1 is 1.32 bits per heavy atom. The molecule has 1 aromatic rings. The van der Waals surface area contributed by atoms with Gasteiger partial charge < -0.3 is 15.1 Å². The lowest BCUT2D eigenvalue weighted by Crippen LogP contribution is -2.42. The molecule has 1 atom stereocenters. The summed E-state index contributed by atoms with van der Waals surface area (Å²) in [5.74, 6) is 0. The molecule has 0 bridgehead atoms. The van der Waals surface area contributed by atoms with Gasteiger partial charge in [-0.2, -0.15) is 0 Å². The summed E-state index contributed by atoms with van der Waals surface area (Å²) in [5, 5.41) is 20.1. The Morgan fingerprint density at radius 3 is 2.63 bits per heavy atom. The number of aliphatic hydroxyl groups is 2. The molecule has 0 spiro atoms. The van der Waals surface area contributed by atoms with Crippen molar-refractivity contribution in [3.8, 4) is 0 Å². The summed E-state index contributed by atoms with van der Waals surface area (Å²) in [6.07, 6.45) is 2.02. The zero-order chi connectivity index (χ0) is 13.9. The van der Waals surface area contributed by atoms with Crippen molar-refractivity contribution in [1.82, 2.24) is 4.90 Å². The highest BCUT2D eigenvalue weighted by Gasteiger charge is 2.27. The monoisotopic (exact) mass is 263 g/mol. The standard InChI is InChI=1S/C16H25NO2/c1-13-4-3-5-14(12-13)15(18)6-9-17-10-7-16(2,19)8-11-17/h3-5,12,15,18-19H,6-11H2,1-2H3. The van der Waals surface area contributed by atoms with E-state index in [1.807, 2.05) is 38.1 Å². The molecule has 3 nitrogen and oxygen atoms in total. The average Bonchev–Trinajstić information content (AvgIpc) is 2.37. The van der Waals surface area contributed by atoms with Gasteiger partial charge in [0.1, 0.15) is 0 Å². The van der Waals surface area contributed by atoms with E-state index < -0.39 is 5.60 Å². The SMILES string of the molecule is Cc1cccc(C(O)CCN2CCC(C)(O)CC2)c1. The number of aryl methyl sites for hydroxylation is 1. The van der Waals surface area contributed by atoms with E-state index in [1.54, 1.807) is 0 Å². The van der Waals surface area contributed by atoms with Crippen LogP contribution in [0, 0.1) is 6.92 Å². The molecule has 1 heterocycles. The van der Waals surface area contributed by atoms with Crippen molar-refractivity contribution in [2.75, 3.05) is 19.6 Å². The Hall–Kier alpha value is -0.900. The molecule has 2 N–H and O–H groups in total. The quantitative estimate of drug-likeness (QED) is 0.876. The first-order valence-corrected chi connectivity index (χ1v) is 7.16. The van der Waals surface area contributed by atoms with Crippen molar-refractivity contribution in [2.24, 2.45) is 0 Å². The molecular weight excluding hydrogens is 238 g/mol. The van der Waals surface area contributed by atoms with Crippen molar-refractivity contribution in [3.63, 3.8) is 0 Å². The van der Waals surface area contributed by atoms with E-state index in [9.17, 15) is 10.2 Å². The highest BCUT2D eigenvalue weighted by Crippen LogP contribution is 2.23. The molecule has 1 fully saturated rings. The molecular formula is C16H25NO2. The topological polar surface area (TPSA) is 43.7 Å². The van der Waals surface area contributed by atoms with Crippen LogP contribution in [0.1, 0.15) is 43.4 Å². The summed E-state index contributed by atoms with van der Waals surface area (Å²) >= 11 is 0. The molecule has 2 rings (SSSR count). The van der Waals surface area contributed by atoms with E-state index in [-0.39, 0.29) is 6.10 Å². The molecule has 19 heavy (non-hydrogen) atoms. The van der Waals surface area contributed by atoms with Crippen LogP contribution in [0.5, 0.6) is 0 Å². The average molecular weight is 263 g/mol. The summed E-state index contributed by atoms with van der Waals surface area (Å²) in [4.78, 5) is 2.33. The van der Waals surface area contributed by atoms with Gasteiger partial charge in [-0.25, -0.2) is 0 Å². The second kappa shape index (κ2) is 6.04. The number of hydrogen-bond acceptors (Lipinski definition) is 3. The molecule has 1 unspecified atom stereocenters. The van der Waals surface area contributed by atoms with Crippen LogP contribution < -0.4 is 0 Å². The predicted octanol–water partition coefficient (Wildman–Crippen LogP) is 2.27. The van der Waals surface area contributed by atoms with E-state index in [0.717, 1.165) is 44.5 Å². The second-order valence-corrected chi connectivity index (χ2v) is 6.06. The first-order chi connectivity index (χ1) is 8.96. The van der Waals surface area contributed by atoms with Gasteiger partial charge in [-0.1, -0.05) is 29.8 Å². The molecule has 0 aromatic heterocycles. The van der Waals surface area contributed by atoms with Crippen molar-refractivity contribution in [1.29, 1.82) is 0 Å². The minimum Gasteiger partial charge on any atom is -0.390 e. The molecule has 0 aliphatic carbocycles. The van der Waals surface area contributed by atoms with Gasteiger partial charge >= 0.3 is 0 Å². The lowest BCUT2D eigenvalue weighted by Gasteiger charge is -2.36. The fraction of sp³-hybridized carbons (Fsp3) is 0.625. The van der Waals surface area contributed by atoms with Gasteiger partial charge in [0.2, 0.25) is 0 Å². The van der Waals surface area contributed by atoms with Crippen LogP contribution in [0.3, 0.4) is 0 Å². The van der Waals surface area contributed by atoms with Gasteiger partial charge in [0.15, 0.2) is 0 Å². The number of piperidine rings is 1. The van der Waals surface area contributed by atoms with Crippen LogP contribution in [0.15, 0.2) is 24.3 Å². The van der Waals surface area contributed by atoms with E-state index in [4.69, 9.17) is 0 Å². The third-order valence-corrected chi connectivity index (χ3v) is 4.08. The Labute approximate surface area is 115 Å². The van der Waals surface area contributed by atoms with E-state index >= 15 is 0 Å². The first-order valence-electron chi connectivity index (χ1n) is 7.16.